The number of rotatable bonds is 6. The first kappa shape index (κ1) is 18.8. The number of nitrogens with one attached hydrogen (secondary N) is 1. The SMILES string of the molecule is CC(C)CNC(=O)c1cc(N2CCN(C=O)CC2)nc(-c2ccccc2)n1. The van der Waals surface area contributed by atoms with E-state index >= 15 is 0 Å². The van der Waals surface area contributed by atoms with Crippen LogP contribution in [0.1, 0.15) is 24.3 Å². The Labute approximate surface area is 159 Å². The molecule has 3 rings (SSSR count). The number of carbonyl (C=O) groups is 2. The molecular weight excluding hydrogens is 342 g/mol. The third-order valence-electron chi connectivity index (χ3n) is 4.44. The smallest absolute Gasteiger partial charge is 0.270 e. The van der Waals surface area contributed by atoms with Crippen molar-refractivity contribution in [1.29, 1.82) is 0 Å². The van der Waals surface area contributed by atoms with Crippen LogP contribution in [-0.4, -0.2) is 59.9 Å². The van der Waals surface area contributed by atoms with Gasteiger partial charge in [-0.15, -0.1) is 0 Å². The maximum absolute atomic E-state index is 12.6. The van der Waals surface area contributed by atoms with E-state index in [0.717, 1.165) is 12.0 Å². The number of amides is 2. The fourth-order valence-corrected chi connectivity index (χ4v) is 2.87. The van der Waals surface area contributed by atoms with Gasteiger partial charge < -0.3 is 15.1 Å². The maximum Gasteiger partial charge on any atom is 0.270 e. The number of anilines is 1. The zero-order valence-electron chi connectivity index (χ0n) is 15.8. The lowest BCUT2D eigenvalue weighted by molar-refractivity contribution is -0.118. The fraction of sp³-hybridized carbons (Fsp3) is 0.400. The van der Waals surface area contributed by atoms with Gasteiger partial charge in [0.2, 0.25) is 6.41 Å². The van der Waals surface area contributed by atoms with E-state index in [4.69, 9.17) is 0 Å². The Bertz CT molecular complexity index is 786. The molecule has 0 saturated carbocycles. The monoisotopic (exact) mass is 367 g/mol. The number of carbonyl (C=O) groups excluding carboxylic acids is 2. The van der Waals surface area contributed by atoms with Gasteiger partial charge in [0.1, 0.15) is 11.5 Å². The second kappa shape index (κ2) is 8.62. The minimum atomic E-state index is -0.198. The topological polar surface area (TPSA) is 78.4 Å². The van der Waals surface area contributed by atoms with Crippen LogP contribution in [0.2, 0.25) is 0 Å². The van der Waals surface area contributed by atoms with Crippen molar-refractivity contribution in [3.63, 3.8) is 0 Å². The Kier molecular flexibility index (Phi) is 6.01. The van der Waals surface area contributed by atoms with Crippen LogP contribution < -0.4 is 10.2 Å². The molecule has 1 fully saturated rings. The van der Waals surface area contributed by atoms with Gasteiger partial charge in [-0.2, -0.15) is 0 Å². The Morgan fingerprint density at radius 1 is 1.15 bits per heavy atom. The molecule has 0 radical (unpaired) electrons. The molecule has 2 aromatic rings. The van der Waals surface area contributed by atoms with E-state index in [9.17, 15) is 9.59 Å². The lowest BCUT2D eigenvalue weighted by Crippen LogP contribution is -2.46. The van der Waals surface area contributed by atoms with E-state index in [-0.39, 0.29) is 5.91 Å². The van der Waals surface area contributed by atoms with Crippen molar-refractivity contribution < 1.29 is 9.59 Å². The van der Waals surface area contributed by atoms with E-state index in [1.165, 1.54) is 0 Å². The standard InChI is InChI=1S/C20H25N5O2/c1-15(2)13-21-20(27)17-12-18(25-10-8-24(14-26)9-11-25)23-19(22-17)16-6-4-3-5-7-16/h3-7,12,14-15H,8-11,13H2,1-2H3,(H,21,27). The molecule has 2 heterocycles. The van der Waals surface area contributed by atoms with E-state index in [2.05, 4.69) is 20.2 Å². The summed E-state index contributed by atoms with van der Waals surface area (Å²) in [4.78, 5) is 36.5. The van der Waals surface area contributed by atoms with E-state index in [1.807, 2.05) is 44.2 Å². The summed E-state index contributed by atoms with van der Waals surface area (Å²) < 4.78 is 0. The summed E-state index contributed by atoms with van der Waals surface area (Å²) in [6.07, 6.45) is 0.873. The van der Waals surface area contributed by atoms with Crippen molar-refractivity contribution in [2.45, 2.75) is 13.8 Å². The third-order valence-corrected chi connectivity index (χ3v) is 4.44. The van der Waals surface area contributed by atoms with Crippen LogP contribution in [0, 0.1) is 5.92 Å². The normalized spacial score (nSPS) is 14.3. The number of benzene rings is 1. The average molecular weight is 367 g/mol. The number of hydrogen-bond donors (Lipinski definition) is 1. The molecule has 1 aromatic carbocycles. The summed E-state index contributed by atoms with van der Waals surface area (Å²) in [6, 6.07) is 11.4. The Hall–Kier alpha value is -2.96. The van der Waals surface area contributed by atoms with Gasteiger partial charge in [0.05, 0.1) is 0 Å². The summed E-state index contributed by atoms with van der Waals surface area (Å²) in [5.74, 6) is 1.40. The third kappa shape index (κ3) is 4.81. The zero-order chi connectivity index (χ0) is 19.2. The molecule has 0 bridgehead atoms. The molecule has 27 heavy (non-hydrogen) atoms. The van der Waals surface area contributed by atoms with Gasteiger partial charge in [-0.3, -0.25) is 9.59 Å². The highest BCUT2D eigenvalue weighted by Crippen LogP contribution is 2.21. The maximum atomic E-state index is 12.6. The van der Waals surface area contributed by atoms with Gasteiger partial charge in [-0.05, 0) is 5.92 Å². The highest BCUT2D eigenvalue weighted by molar-refractivity contribution is 5.93. The Morgan fingerprint density at radius 3 is 2.48 bits per heavy atom. The van der Waals surface area contributed by atoms with E-state index in [1.54, 1.807) is 11.0 Å². The molecule has 1 aromatic heterocycles. The number of hydrogen-bond acceptors (Lipinski definition) is 5. The van der Waals surface area contributed by atoms with Crippen molar-refractivity contribution in [3.05, 3.63) is 42.1 Å². The second-order valence-electron chi connectivity index (χ2n) is 7.03. The first-order valence-corrected chi connectivity index (χ1v) is 9.24. The molecule has 0 spiro atoms. The summed E-state index contributed by atoms with van der Waals surface area (Å²) in [6.45, 7) is 7.33. The van der Waals surface area contributed by atoms with Crippen LogP contribution in [0.25, 0.3) is 11.4 Å². The largest absolute Gasteiger partial charge is 0.353 e. The van der Waals surface area contributed by atoms with Crippen molar-refractivity contribution in [3.8, 4) is 11.4 Å². The van der Waals surface area contributed by atoms with Gasteiger partial charge in [-0.1, -0.05) is 44.2 Å². The first-order valence-electron chi connectivity index (χ1n) is 9.24. The van der Waals surface area contributed by atoms with Crippen molar-refractivity contribution in [1.82, 2.24) is 20.2 Å². The summed E-state index contributed by atoms with van der Waals surface area (Å²) in [5, 5.41) is 2.92. The Morgan fingerprint density at radius 2 is 1.85 bits per heavy atom. The summed E-state index contributed by atoms with van der Waals surface area (Å²) in [5.41, 5.74) is 1.22. The molecule has 142 valence electrons. The highest BCUT2D eigenvalue weighted by Gasteiger charge is 2.20. The molecule has 0 unspecified atom stereocenters. The van der Waals surface area contributed by atoms with Crippen molar-refractivity contribution in [2.24, 2.45) is 5.92 Å². The molecule has 0 atom stereocenters. The lowest BCUT2D eigenvalue weighted by Gasteiger charge is -2.33. The van der Waals surface area contributed by atoms with Crippen molar-refractivity contribution >= 4 is 18.1 Å². The quantitative estimate of drug-likeness (QED) is 0.788. The van der Waals surface area contributed by atoms with Gasteiger partial charge >= 0.3 is 0 Å². The molecular formula is C20H25N5O2. The van der Waals surface area contributed by atoms with Crippen molar-refractivity contribution in [2.75, 3.05) is 37.6 Å². The first-order chi connectivity index (χ1) is 13.1. The van der Waals surface area contributed by atoms with Gasteiger partial charge in [-0.25, -0.2) is 9.97 Å². The van der Waals surface area contributed by atoms with E-state index < -0.39 is 0 Å². The van der Waals surface area contributed by atoms with Gasteiger partial charge in [0.15, 0.2) is 5.82 Å². The van der Waals surface area contributed by atoms with Gasteiger partial charge in [0.25, 0.3) is 5.91 Å². The number of aromatic nitrogens is 2. The molecule has 1 N–H and O–H groups in total. The highest BCUT2D eigenvalue weighted by atomic mass is 16.2. The fourth-order valence-electron chi connectivity index (χ4n) is 2.87. The van der Waals surface area contributed by atoms with Crippen LogP contribution in [0.5, 0.6) is 0 Å². The number of piperazine rings is 1. The van der Waals surface area contributed by atoms with Gasteiger partial charge in [0, 0.05) is 44.4 Å². The molecule has 7 nitrogen and oxygen atoms in total. The van der Waals surface area contributed by atoms with Crippen LogP contribution in [0.15, 0.2) is 36.4 Å². The lowest BCUT2D eigenvalue weighted by atomic mass is 10.2. The second-order valence-corrected chi connectivity index (χ2v) is 7.03. The summed E-state index contributed by atoms with van der Waals surface area (Å²) in [7, 11) is 0. The average Bonchev–Trinajstić information content (AvgIpc) is 2.72. The number of nitrogens with zero attached hydrogens (tertiary/aromatic N) is 4. The summed E-state index contributed by atoms with van der Waals surface area (Å²) >= 11 is 0. The molecule has 1 aliphatic heterocycles. The molecule has 2 amide bonds. The molecule has 1 saturated heterocycles. The minimum absolute atomic E-state index is 0.198. The van der Waals surface area contributed by atoms with Crippen LogP contribution in [0.3, 0.4) is 0 Å². The van der Waals surface area contributed by atoms with E-state index in [0.29, 0.717) is 56.0 Å². The predicted molar refractivity (Wildman–Crippen MR) is 104 cm³/mol. The van der Waals surface area contributed by atoms with Crippen LogP contribution in [0.4, 0.5) is 5.82 Å². The molecule has 7 heteroatoms. The van der Waals surface area contributed by atoms with Crippen LogP contribution >= 0.6 is 0 Å². The molecule has 0 aliphatic carbocycles. The van der Waals surface area contributed by atoms with Crippen LogP contribution in [-0.2, 0) is 4.79 Å². The predicted octanol–water partition coefficient (Wildman–Crippen LogP) is 1.81. The minimum Gasteiger partial charge on any atom is -0.353 e. The molecule has 1 aliphatic rings. The zero-order valence-corrected chi connectivity index (χ0v) is 15.8. The Balaban J connectivity index is 1.91.